The topological polar surface area (TPSA) is 172 Å². The van der Waals surface area contributed by atoms with Gasteiger partial charge in [0.25, 0.3) is 0 Å². The summed E-state index contributed by atoms with van der Waals surface area (Å²) in [6.45, 7) is 2.70. The minimum absolute atomic E-state index is 0.161. The fourth-order valence-corrected chi connectivity index (χ4v) is 7.27. The van der Waals surface area contributed by atoms with Crippen molar-refractivity contribution in [3.63, 3.8) is 0 Å². The number of carbonyl (C=O) groups excluding carboxylic acids is 2. The summed E-state index contributed by atoms with van der Waals surface area (Å²) in [5.41, 5.74) is 5.34. The normalized spacial score (nSPS) is 14.0. The van der Waals surface area contributed by atoms with Crippen LogP contribution in [0.25, 0.3) is 0 Å². The molecule has 59 heavy (non-hydrogen) atoms. The van der Waals surface area contributed by atoms with Gasteiger partial charge in [-0.25, -0.2) is 4.57 Å². The van der Waals surface area contributed by atoms with Gasteiger partial charge in [-0.1, -0.05) is 192 Å². The molecule has 0 aliphatic carbocycles. The third-order valence-corrected chi connectivity index (χ3v) is 11.1. The summed E-state index contributed by atoms with van der Waals surface area (Å²) in [5.74, 6) is -2.39. The number of unbranched alkanes of at least 4 members (excludes halogenated alkanes) is 24. The molecule has 4 N–H and O–H groups in total. The van der Waals surface area contributed by atoms with Crippen LogP contribution in [0.3, 0.4) is 0 Å². The van der Waals surface area contributed by atoms with Crippen LogP contribution in [0.5, 0.6) is 0 Å². The van der Waals surface area contributed by atoms with Gasteiger partial charge in [0.1, 0.15) is 12.6 Å². The number of rotatable bonds is 44. The van der Waals surface area contributed by atoms with E-state index in [0.717, 1.165) is 70.6 Å². The Balaban J connectivity index is 4.28. The highest BCUT2D eigenvalue weighted by Gasteiger charge is 2.28. The lowest BCUT2D eigenvalue weighted by Crippen LogP contribution is -2.34. The van der Waals surface area contributed by atoms with E-state index in [1.54, 1.807) is 0 Å². The zero-order valence-electron chi connectivity index (χ0n) is 37.3. The van der Waals surface area contributed by atoms with Crippen molar-refractivity contribution in [3.05, 3.63) is 36.5 Å². The number of esters is 2. The zero-order valence-corrected chi connectivity index (χ0v) is 38.2. The molecule has 344 valence electrons. The van der Waals surface area contributed by atoms with Gasteiger partial charge in [-0.2, -0.15) is 0 Å². The average molecular weight is 856 g/mol. The summed E-state index contributed by atoms with van der Waals surface area (Å²) in [5, 5.41) is 8.90. The Bertz CT molecular complexity index is 1140. The maximum atomic E-state index is 12.7. The minimum Gasteiger partial charge on any atom is -0.480 e. The van der Waals surface area contributed by atoms with Gasteiger partial charge in [-0.15, -0.1) is 0 Å². The van der Waals surface area contributed by atoms with Crippen LogP contribution in [-0.2, 0) is 37.5 Å². The van der Waals surface area contributed by atoms with Crippen LogP contribution < -0.4 is 5.73 Å². The summed E-state index contributed by atoms with van der Waals surface area (Å²) in [6.07, 6.45) is 46.4. The van der Waals surface area contributed by atoms with Crippen molar-refractivity contribution in [2.75, 3.05) is 19.8 Å². The molecule has 0 fully saturated rings. The molecule has 0 rings (SSSR count). The van der Waals surface area contributed by atoms with E-state index >= 15 is 0 Å². The van der Waals surface area contributed by atoms with Crippen LogP contribution in [0, 0.1) is 0 Å². The Kier molecular flexibility index (Phi) is 40.7. The first-order valence-corrected chi connectivity index (χ1v) is 25.0. The summed E-state index contributed by atoms with van der Waals surface area (Å²) >= 11 is 0. The molecular formula is C47H86NO10P. The number of hydrogen-bond donors (Lipinski definition) is 3. The largest absolute Gasteiger partial charge is 0.480 e. The van der Waals surface area contributed by atoms with Gasteiger partial charge < -0.3 is 25.2 Å². The van der Waals surface area contributed by atoms with Crippen LogP contribution in [0.1, 0.15) is 213 Å². The SMILES string of the molecule is CC/C=C/C/C=C/C/C=C/CCCCCCCC(=O)OC[C@H](COP(=O)(O)OC[C@H](N)C(=O)O)OC(=O)CCCCCCCCCCCCCCCCCCCCCC. The number of ether oxygens (including phenoxy) is 2. The van der Waals surface area contributed by atoms with Gasteiger partial charge in [-0.05, 0) is 44.9 Å². The number of phosphoric ester groups is 1. The van der Waals surface area contributed by atoms with Gasteiger partial charge >= 0.3 is 25.7 Å². The molecule has 3 atom stereocenters. The Hall–Kier alpha value is -2.30. The number of hydrogen-bond acceptors (Lipinski definition) is 9. The number of carbonyl (C=O) groups is 3. The minimum atomic E-state index is -4.72. The second-order valence-corrected chi connectivity index (χ2v) is 17.3. The fourth-order valence-electron chi connectivity index (χ4n) is 6.49. The summed E-state index contributed by atoms with van der Waals surface area (Å²) in [7, 11) is -4.72. The number of allylic oxidation sites excluding steroid dienone is 6. The summed E-state index contributed by atoms with van der Waals surface area (Å²) < 4.78 is 32.8. The first kappa shape index (κ1) is 56.7. The van der Waals surface area contributed by atoms with Gasteiger partial charge in [-0.3, -0.25) is 23.4 Å². The standard InChI is InChI=1S/C47H86NO10P/c1-3-5-7-9-11-13-15-17-19-20-21-22-23-25-27-29-31-33-35-37-39-46(50)58-43(41-56-59(53,54)57-42-44(48)47(51)52)40-55-45(49)38-36-34-32-30-28-26-24-18-16-14-12-10-8-6-4-2/h6,8,12,14,18,24,43-44H,3-5,7,9-11,13,15-17,19-23,25-42,48H2,1-2H3,(H,51,52)(H,53,54)/b8-6+,14-12+,24-18+/t43-,44+/m1/s1. The van der Waals surface area contributed by atoms with E-state index < -0.39 is 51.1 Å². The average Bonchev–Trinajstić information content (AvgIpc) is 3.21. The van der Waals surface area contributed by atoms with Crippen molar-refractivity contribution in [2.45, 2.75) is 225 Å². The molecule has 0 heterocycles. The number of carboxylic acid groups (broad SMARTS) is 1. The van der Waals surface area contributed by atoms with E-state index in [0.29, 0.717) is 12.8 Å². The maximum Gasteiger partial charge on any atom is 0.472 e. The quantitative estimate of drug-likeness (QED) is 0.0230. The Morgan fingerprint density at radius 1 is 0.542 bits per heavy atom. The molecule has 0 amide bonds. The number of phosphoric acid groups is 1. The second kappa shape index (κ2) is 42.4. The molecule has 0 bridgehead atoms. The van der Waals surface area contributed by atoms with Crippen molar-refractivity contribution < 1.29 is 47.5 Å². The molecular weight excluding hydrogens is 769 g/mol. The molecule has 12 heteroatoms. The molecule has 0 spiro atoms. The molecule has 0 saturated carbocycles. The molecule has 0 radical (unpaired) electrons. The molecule has 0 aliphatic rings. The molecule has 11 nitrogen and oxygen atoms in total. The van der Waals surface area contributed by atoms with Crippen molar-refractivity contribution >= 4 is 25.7 Å². The van der Waals surface area contributed by atoms with E-state index in [2.05, 4.69) is 54.8 Å². The van der Waals surface area contributed by atoms with Crippen LogP contribution in [-0.4, -0.2) is 59.9 Å². The molecule has 0 aromatic rings. The van der Waals surface area contributed by atoms with Crippen molar-refractivity contribution in [1.29, 1.82) is 0 Å². The van der Waals surface area contributed by atoms with Crippen LogP contribution in [0.4, 0.5) is 0 Å². The third-order valence-electron chi connectivity index (χ3n) is 10.2. The van der Waals surface area contributed by atoms with E-state index in [9.17, 15) is 23.8 Å². The van der Waals surface area contributed by atoms with Crippen LogP contribution >= 0.6 is 7.82 Å². The van der Waals surface area contributed by atoms with E-state index in [1.165, 1.54) is 103 Å². The van der Waals surface area contributed by atoms with Gasteiger partial charge in [0.15, 0.2) is 6.10 Å². The van der Waals surface area contributed by atoms with Crippen molar-refractivity contribution in [1.82, 2.24) is 0 Å². The molecule has 0 saturated heterocycles. The predicted molar refractivity (Wildman–Crippen MR) is 240 cm³/mol. The van der Waals surface area contributed by atoms with Crippen molar-refractivity contribution in [2.24, 2.45) is 5.73 Å². The highest BCUT2D eigenvalue weighted by molar-refractivity contribution is 7.47. The smallest absolute Gasteiger partial charge is 0.472 e. The fraction of sp³-hybridized carbons (Fsp3) is 0.809. The second-order valence-electron chi connectivity index (χ2n) is 15.9. The zero-order chi connectivity index (χ0) is 43.5. The number of nitrogens with two attached hydrogens (primary N) is 1. The summed E-state index contributed by atoms with van der Waals surface area (Å²) in [4.78, 5) is 46.0. The first-order valence-electron chi connectivity index (χ1n) is 23.5. The van der Waals surface area contributed by atoms with Gasteiger partial charge in [0.2, 0.25) is 0 Å². The van der Waals surface area contributed by atoms with Crippen LogP contribution in [0.2, 0.25) is 0 Å². The van der Waals surface area contributed by atoms with Gasteiger partial charge in [0, 0.05) is 12.8 Å². The predicted octanol–water partition coefficient (Wildman–Crippen LogP) is 12.8. The molecule has 0 aliphatic heterocycles. The lowest BCUT2D eigenvalue weighted by atomic mass is 10.0. The molecule has 0 aromatic heterocycles. The number of aliphatic carboxylic acids is 1. The molecule has 0 aromatic carbocycles. The van der Waals surface area contributed by atoms with Gasteiger partial charge in [0.05, 0.1) is 13.2 Å². The highest BCUT2D eigenvalue weighted by atomic mass is 31.2. The lowest BCUT2D eigenvalue weighted by Gasteiger charge is -2.20. The maximum absolute atomic E-state index is 12.7. The Morgan fingerprint density at radius 2 is 0.949 bits per heavy atom. The number of carboxylic acids is 1. The highest BCUT2D eigenvalue weighted by Crippen LogP contribution is 2.43. The van der Waals surface area contributed by atoms with E-state index in [1.807, 2.05) is 0 Å². The monoisotopic (exact) mass is 856 g/mol. The van der Waals surface area contributed by atoms with Crippen molar-refractivity contribution in [3.8, 4) is 0 Å². The molecule has 1 unspecified atom stereocenters. The van der Waals surface area contributed by atoms with E-state index in [4.69, 9.17) is 24.8 Å². The third kappa shape index (κ3) is 42.2. The lowest BCUT2D eigenvalue weighted by molar-refractivity contribution is -0.161. The van der Waals surface area contributed by atoms with E-state index in [-0.39, 0.29) is 19.4 Å². The summed E-state index contributed by atoms with van der Waals surface area (Å²) in [6, 6.07) is -1.52. The Morgan fingerprint density at radius 3 is 1.42 bits per heavy atom. The first-order chi connectivity index (χ1) is 28.6. The van der Waals surface area contributed by atoms with Crippen LogP contribution in [0.15, 0.2) is 36.5 Å². The Labute approximate surface area is 359 Å².